The minimum atomic E-state index is -3.46. The third-order valence-electron chi connectivity index (χ3n) is 3.51. The molecule has 8 heteroatoms. The quantitative estimate of drug-likeness (QED) is 0.853. The van der Waals surface area contributed by atoms with E-state index in [-0.39, 0.29) is 30.1 Å². The number of sulfonamides is 1. The highest BCUT2D eigenvalue weighted by atomic mass is 35.5. The Morgan fingerprint density at radius 1 is 1.33 bits per heavy atom. The molecule has 0 bridgehead atoms. The van der Waals surface area contributed by atoms with Crippen molar-refractivity contribution in [2.75, 3.05) is 13.1 Å². The lowest BCUT2D eigenvalue weighted by molar-refractivity contribution is 0.328. The molecule has 1 saturated heterocycles. The Balaban J connectivity index is 0.00000220. The zero-order chi connectivity index (χ0) is 14.8. The first kappa shape index (κ1) is 19.0. The zero-order valence-corrected chi connectivity index (χ0v) is 14.7. The number of hydrogen-bond donors (Lipinski definition) is 2. The van der Waals surface area contributed by atoms with Crippen LogP contribution in [0.2, 0.25) is 10.0 Å². The van der Waals surface area contributed by atoms with Crippen molar-refractivity contribution in [2.24, 2.45) is 5.92 Å². The molecule has 1 aliphatic rings. The molecule has 1 aliphatic heterocycles. The standard InChI is InChI=1S/C13H18Cl2N2O2S.ClH/c1-9-7-16-6-5-13(9)17-20(18,19)8-10-11(14)3-2-4-12(10)15;/h2-4,9,13,16-17H,5-8H2,1H3;1H. The van der Waals surface area contributed by atoms with Gasteiger partial charge in [-0.05, 0) is 37.6 Å². The van der Waals surface area contributed by atoms with E-state index in [4.69, 9.17) is 23.2 Å². The summed E-state index contributed by atoms with van der Waals surface area (Å²) in [4.78, 5) is 0. The normalized spacial score (nSPS) is 22.6. The van der Waals surface area contributed by atoms with Gasteiger partial charge in [0.2, 0.25) is 10.0 Å². The van der Waals surface area contributed by atoms with Crippen molar-refractivity contribution in [3.8, 4) is 0 Å². The largest absolute Gasteiger partial charge is 0.316 e. The van der Waals surface area contributed by atoms with E-state index in [0.717, 1.165) is 19.5 Å². The van der Waals surface area contributed by atoms with E-state index < -0.39 is 10.0 Å². The van der Waals surface area contributed by atoms with E-state index in [1.54, 1.807) is 18.2 Å². The fourth-order valence-corrected chi connectivity index (χ4v) is 4.60. The minimum absolute atomic E-state index is 0. The first-order valence-electron chi connectivity index (χ1n) is 6.52. The highest BCUT2D eigenvalue weighted by Crippen LogP contribution is 2.26. The average molecular weight is 374 g/mol. The maximum absolute atomic E-state index is 12.3. The van der Waals surface area contributed by atoms with Gasteiger partial charge in [0.25, 0.3) is 0 Å². The van der Waals surface area contributed by atoms with E-state index >= 15 is 0 Å². The molecule has 0 aromatic heterocycles. The van der Waals surface area contributed by atoms with Crippen molar-refractivity contribution in [1.82, 2.24) is 10.0 Å². The molecule has 4 nitrogen and oxygen atoms in total. The number of piperidine rings is 1. The lowest BCUT2D eigenvalue weighted by Crippen LogP contribution is -2.48. The van der Waals surface area contributed by atoms with Crippen molar-refractivity contribution >= 4 is 45.6 Å². The van der Waals surface area contributed by atoms with Crippen molar-refractivity contribution in [2.45, 2.75) is 25.1 Å². The van der Waals surface area contributed by atoms with Crippen LogP contribution < -0.4 is 10.0 Å². The Bertz CT molecular complexity index is 561. The fraction of sp³-hybridized carbons (Fsp3) is 0.538. The van der Waals surface area contributed by atoms with Crippen molar-refractivity contribution < 1.29 is 8.42 Å². The molecular weight excluding hydrogens is 355 g/mol. The molecule has 1 aromatic carbocycles. The van der Waals surface area contributed by atoms with E-state index in [9.17, 15) is 8.42 Å². The molecule has 1 heterocycles. The summed E-state index contributed by atoms with van der Waals surface area (Å²) in [6.07, 6.45) is 0.788. The molecule has 0 aliphatic carbocycles. The van der Waals surface area contributed by atoms with Gasteiger partial charge >= 0.3 is 0 Å². The van der Waals surface area contributed by atoms with Crippen LogP contribution in [-0.4, -0.2) is 27.5 Å². The molecule has 2 unspecified atom stereocenters. The molecule has 21 heavy (non-hydrogen) atoms. The van der Waals surface area contributed by atoms with Crippen LogP contribution in [0.25, 0.3) is 0 Å². The minimum Gasteiger partial charge on any atom is -0.316 e. The summed E-state index contributed by atoms with van der Waals surface area (Å²) in [7, 11) is -3.46. The van der Waals surface area contributed by atoms with Gasteiger partial charge in [0.15, 0.2) is 0 Å². The van der Waals surface area contributed by atoms with Gasteiger partial charge in [-0.1, -0.05) is 36.2 Å². The maximum Gasteiger partial charge on any atom is 0.216 e. The summed E-state index contributed by atoms with van der Waals surface area (Å²) in [5.74, 6) is 0.0718. The van der Waals surface area contributed by atoms with Gasteiger partial charge in [-0.3, -0.25) is 0 Å². The first-order chi connectivity index (χ1) is 9.39. The van der Waals surface area contributed by atoms with Crippen LogP contribution in [0.15, 0.2) is 18.2 Å². The Kier molecular flexibility index (Phi) is 7.24. The predicted molar refractivity (Wildman–Crippen MR) is 89.9 cm³/mol. The van der Waals surface area contributed by atoms with Gasteiger partial charge < -0.3 is 5.32 Å². The SMILES string of the molecule is CC1CNCCC1NS(=O)(=O)Cc1c(Cl)cccc1Cl.Cl. The second-order valence-electron chi connectivity index (χ2n) is 5.15. The second kappa shape index (κ2) is 7.99. The lowest BCUT2D eigenvalue weighted by atomic mass is 9.97. The molecular formula is C13H19Cl3N2O2S. The average Bonchev–Trinajstić information content (AvgIpc) is 2.37. The Morgan fingerprint density at radius 2 is 1.95 bits per heavy atom. The van der Waals surface area contributed by atoms with Crippen LogP contribution in [-0.2, 0) is 15.8 Å². The van der Waals surface area contributed by atoms with Crippen LogP contribution >= 0.6 is 35.6 Å². The molecule has 2 atom stereocenters. The number of benzene rings is 1. The first-order valence-corrected chi connectivity index (χ1v) is 8.93. The van der Waals surface area contributed by atoms with Crippen LogP contribution in [0.4, 0.5) is 0 Å². The molecule has 0 saturated carbocycles. The highest BCUT2D eigenvalue weighted by molar-refractivity contribution is 7.88. The molecule has 120 valence electrons. The predicted octanol–water partition coefficient (Wildman–Crippen LogP) is 2.83. The number of hydrogen-bond acceptors (Lipinski definition) is 3. The van der Waals surface area contributed by atoms with Crippen LogP contribution in [0.1, 0.15) is 18.9 Å². The summed E-state index contributed by atoms with van der Waals surface area (Å²) in [6, 6.07) is 4.95. The van der Waals surface area contributed by atoms with Crippen LogP contribution in [0.5, 0.6) is 0 Å². The fourth-order valence-electron chi connectivity index (χ4n) is 2.32. The maximum atomic E-state index is 12.3. The summed E-state index contributed by atoms with van der Waals surface area (Å²) in [6.45, 7) is 3.67. The van der Waals surface area contributed by atoms with Crippen LogP contribution in [0.3, 0.4) is 0 Å². The molecule has 1 fully saturated rings. The van der Waals surface area contributed by atoms with E-state index in [1.807, 2.05) is 6.92 Å². The summed E-state index contributed by atoms with van der Waals surface area (Å²) < 4.78 is 27.3. The number of rotatable bonds is 4. The van der Waals surface area contributed by atoms with E-state index in [0.29, 0.717) is 15.6 Å². The summed E-state index contributed by atoms with van der Waals surface area (Å²) >= 11 is 12.0. The van der Waals surface area contributed by atoms with Gasteiger partial charge in [0, 0.05) is 21.7 Å². The second-order valence-corrected chi connectivity index (χ2v) is 7.72. The third-order valence-corrected chi connectivity index (χ3v) is 5.55. The molecule has 0 amide bonds. The molecule has 0 spiro atoms. The number of nitrogens with one attached hydrogen (secondary N) is 2. The van der Waals surface area contributed by atoms with E-state index in [2.05, 4.69) is 10.0 Å². The zero-order valence-electron chi connectivity index (χ0n) is 11.6. The monoisotopic (exact) mass is 372 g/mol. The molecule has 1 aromatic rings. The van der Waals surface area contributed by atoms with Gasteiger partial charge in [-0.25, -0.2) is 13.1 Å². The van der Waals surface area contributed by atoms with Gasteiger partial charge in [0.1, 0.15) is 0 Å². The Hall–Kier alpha value is -0.0400. The Morgan fingerprint density at radius 3 is 2.52 bits per heavy atom. The molecule has 2 N–H and O–H groups in total. The van der Waals surface area contributed by atoms with Crippen molar-refractivity contribution in [3.63, 3.8) is 0 Å². The van der Waals surface area contributed by atoms with Crippen molar-refractivity contribution in [3.05, 3.63) is 33.8 Å². The Labute approximate surface area is 142 Å². The van der Waals surface area contributed by atoms with Crippen LogP contribution in [0, 0.1) is 5.92 Å². The van der Waals surface area contributed by atoms with Gasteiger partial charge in [-0.2, -0.15) is 0 Å². The van der Waals surface area contributed by atoms with E-state index in [1.165, 1.54) is 0 Å². The highest BCUT2D eigenvalue weighted by Gasteiger charge is 2.26. The van der Waals surface area contributed by atoms with Gasteiger partial charge in [-0.15, -0.1) is 12.4 Å². The molecule has 2 rings (SSSR count). The van der Waals surface area contributed by atoms with Crippen molar-refractivity contribution in [1.29, 1.82) is 0 Å². The number of halogens is 3. The summed E-state index contributed by atoms with van der Waals surface area (Å²) in [5, 5.41) is 3.99. The van der Waals surface area contributed by atoms with Gasteiger partial charge in [0.05, 0.1) is 5.75 Å². The smallest absolute Gasteiger partial charge is 0.216 e. The summed E-state index contributed by atoms with van der Waals surface area (Å²) in [5.41, 5.74) is 0.449. The lowest BCUT2D eigenvalue weighted by Gasteiger charge is -2.30. The molecule has 0 radical (unpaired) electrons. The topological polar surface area (TPSA) is 58.2 Å². The third kappa shape index (κ3) is 5.27.